The minimum absolute atomic E-state index is 0.0226. The molecule has 138 valence electrons. The number of amides is 1. The van der Waals surface area contributed by atoms with Gasteiger partial charge in [-0.3, -0.25) is 4.79 Å². The second-order valence-electron chi connectivity index (χ2n) is 6.75. The lowest BCUT2D eigenvalue weighted by molar-refractivity contribution is -0.119. The van der Waals surface area contributed by atoms with E-state index in [9.17, 15) is 4.79 Å². The fraction of sp³-hybridized carbons (Fsp3) is 0.381. The summed E-state index contributed by atoms with van der Waals surface area (Å²) in [4.78, 5) is 12.3. The van der Waals surface area contributed by atoms with Crippen molar-refractivity contribution in [3.8, 4) is 0 Å². The van der Waals surface area contributed by atoms with Crippen LogP contribution < -0.4 is 5.32 Å². The van der Waals surface area contributed by atoms with Crippen LogP contribution in [-0.4, -0.2) is 11.7 Å². The maximum Gasteiger partial charge on any atom is 0.230 e. The molecule has 0 saturated carbocycles. The minimum atomic E-state index is 0.0226. The van der Waals surface area contributed by atoms with E-state index in [4.69, 9.17) is 23.2 Å². The molecule has 0 unspecified atom stereocenters. The molecule has 0 radical (unpaired) electrons. The predicted octanol–water partition coefficient (Wildman–Crippen LogP) is 5.98. The summed E-state index contributed by atoms with van der Waals surface area (Å²) >= 11 is 13.6. The van der Waals surface area contributed by atoms with Crippen LogP contribution in [0.3, 0.4) is 0 Å². The third-order valence-electron chi connectivity index (χ3n) is 4.76. The number of carbonyl (C=O) groups excluding carboxylic acids is 1. The molecule has 2 aromatic carbocycles. The summed E-state index contributed by atoms with van der Waals surface area (Å²) in [7, 11) is 0. The maximum absolute atomic E-state index is 12.3. The lowest BCUT2D eigenvalue weighted by Crippen LogP contribution is -2.28. The van der Waals surface area contributed by atoms with E-state index in [1.54, 1.807) is 17.8 Å². The van der Waals surface area contributed by atoms with Gasteiger partial charge >= 0.3 is 0 Å². The number of halogens is 2. The Bertz CT molecular complexity index is 794. The van der Waals surface area contributed by atoms with Gasteiger partial charge in [0, 0.05) is 15.8 Å². The molecule has 0 bridgehead atoms. The van der Waals surface area contributed by atoms with Gasteiger partial charge in [0.05, 0.1) is 11.8 Å². The summed E-state index contributed by atoms with van der Waals surface area (Å²) in [5.74, 6) is 1.15. The van der Waals surface area contributed by atoms with Gasteiger partial charge in [-0.15, -0.1) is 11.8 Å². The lowest BCUT2D eigenvalue weighted by Gasteiger charge is -2.20. The van der Waals surface area contributed by atoms with Crippen LogP contribution in [0.25, 0.3) is 0 Å². The molecule has 3 rings (SSSR count). The Kier molecular flexibility index (Phi) is 6.91. The van der Waals surface area contributed by atoms with E-state index in [-0.39, 0.29) is 11.9 Å². The van der Waals surface area contributed by atoms with Crippen molar-refractivity contribution in [2.45, 2.75) is 44.4 Å². The normalized spacial score (nSPS) is 14.6. The van der Waals surface area contributed by atoms with E-state index >= 15 is 0 Å². The van der Waals surface area contributed by atoms with Crippen LogP contribution in [0.1, 0.15) is 48.1 Å². The zero-order valence-electron chi connectivity index (χ0n) is 14.9. The molecule has 0 saturated heterocycles. The third-order valence-corrected chi connectivity index (χ3v) is 6.32. The Hall–Kier alpha value is -1.16. The molecule has 1 aliphatic carbocycles. The maximum atomic E-state index is 12.3. The molecule has 0 fully saturated rings. The molecular formula is C21H23Cl2NOS. The van der Waals surface area contributed by atoms with Gasteiger partial charge in [0.15, 0.2) is 0 Å². The quantitative estimate of drug-likeness (QED) is 0.637. The average Bonchev–Trinajstić information content (AvgIpc) is 2.63. The molecule has 26 heavy (non-hydrogen) atoms. The molecule has 2 aromatic rings. The fourth-order valence-corrected chi connectivity index (χ4v) is 4.68. The summed E-state index contributed by atoms with van der Waals surface area (Å²) < 4.78 is 0. The highest BCUT2D eigenvalue weighted by Crippen LogP contribution is 2.26. The first-order valence-electron chi connectivity index (χ1n) is 8.95. The van der Waals surface area contributed by atoms with Gasteiger partial charge in [-0.1, -0.05) is 47.5 Å². The average molecular weight is 408 g/mol. The first kappa shape index (κ1) is 19.6. The van der Waals surface area contributed by atoms with E-state index in [1.807, 2.05) is 19.1 Å². The summed E-state index contributed by atoms with van der Waals surface area (Å²) in [5.41, 5.74) is 5.09. The number of nitrogens with one attached hydrogen (secondary N) is 1. The van der Waals surface area contributed by atoms with Crippen LogP contribution in [0.15, 0.2) is 36.4 Å². The van der Waals surface area contributed by atoms with Gasteiger partial charge in [0.25, 0.3) is 0 Å². The number of hydrogen-bond acceptors (Lipinski definition) is 2. The molecule has 1 N–H and O–H groups in total. The summed E-state index contributed by atoms with van der Waals surface area (Å²) in [6.45, 7) is 2.04. The molecule has 1 atom stereocenters. The summed E-state index contributed by atoms with van der Waals surface area (Å²) in [5, 5.41) is 4.37. The van der Waals surface area contributed by atoms with E-state index < -0.39 is 0 Å². The second-order valence-corrected chi connectivity index (χ2v) is 8.58. The first-order valence-corrected chi connectivity index (χ1v) is 10.9. The zero-order chi connectivity index (χ0) is 18.5. The van der Waals surface area contributed by atoms with Crippen molar-refractivity contribution in [1.82, 2.24) is 5.32 Å². The van der Waals surface area contributed by atoms with Crippen LogP contribution in [0.4, 0.5) is 0 Å². The van der Waals surface area contributed by atoms with Crippen LogP contribution in [0.2, 0.25) is 10.0 Å². The Balaban J connectivity index is 1.49. The van der Waals surface area contributed by atoms with Crippen LogP contribution >= 0.6 is 35.0 Å². The largest absolute Gasteiger partial charge is 0.349 e. The number of hydrogen-bond donors (Lipinski definition) is 1. The van der Waals surface area contributed by atoms with Crippen molar-refractivity contribution in [2.24, 2.45) is 0 Å². The van der Waals surface area contributed by atoms with Crippen molar-refractivity contribution in [3.05, 3.63) is 68.7 Å². The second kappa shape index (κ2) is 9.16. The number of rotatable bonds is 6. The van der Waals surface area contributed by atoms with Crippen molar-refractivity contribution in [1.29, 1.82) is 0 Å². The van der Waals surface area contributed by atoms with Gasteiger partial charge in [0.2, 0.25) is 5.91 Å². The standard InChI is InChI=1S/C21H23Cl2NOS/c1-14(16-7-6-15-4-2-3-5-17(15)10-16)24-21(25)13-26-12-18-8-9-19(22)11-20(18)23/h6-11,14H,2-5,12-13H2,1H3,(H,24,25)/t14-/m1/s1. The Labute approximate surface area is 169 Å². The van der Waals surface area contributed by atoms with Gasteiger partial charge in [-0.2, -0.15) is 0 Å². The number of thioether (sulfide) groups is 1. The number of carbonyl (C=O) groups is 1. The van der Waals surface area contributed by atoms with E-state index in [0.29, 0.717) is 21.6 Å². The molecule has 0 heterocycles. The van der Waals surface area contributed by atoms with E-state index in [1.165, 1.54) is 36.0 Å². The van der Waals surface area contributed by atoms with Gasteiger partial charge in [-0.25, -0.2) is 0 Å². The number of benzene rings is 2. The Morgan fingerprint density at radius 1 is 1.12 bits per heavy atom. The predicted molar refractivity (Wildman–Crippen MR) is 112 cm³/mol. The van der Waals surface area contributed by atoms with E-state index in [0.717, 1.165) is 12.0 Å². The number of fused-ring (bicyclic) bond motifs is 1. The summed E-state index contributed by atoms with van der Waals surface area (Å²) in [6, 6.07) is 12.1. The van der Waals surface area contributed by atoms with Crippen molar-refractivity contribution in [2.75, 3.05) is 5.75 Å². The van der Waals surface area contributed by atoms with Gasteiger partial charge < -0.3 is 5.32 Å². The molecule has 1 amide bonds. The fourth-order valence-electron chi connectivity index (χ4n) is 3.28. The summed E-state index contributed by atoms with van der Waals surface area (Å²) in [6.07, 6.45) is 4.89. The highest BCUT2D eigenvalue weighted by Gasteiger charge is 2.14. The van der Waals surface area contributed by atoms with Crippen molar-refractivity contribution < 1.29 is 4.79 Å². The van der Waals surface area contributed by atoms with E-state index in [2.05, 4.69) is 23.5 Å². The van der Waals surface area contributed by atoms with Crippen LogP contribution in [0, 0.1) is 0 Å². The van der Waals surface area contributed by atoms with Crippen molar-refractivity contribution in [3.63, 3.8) is 0 Å². The topological polar surface area (TPSA) is 29.1 Å². The Morgan fingerprint density at radius 3 is 2.65 bits per heavy atom. The SMILES string of the molecule is C[C@@H](NC(=O)CSCc1ccc(Cl)cc1Cl)c1ccc2c(c1)CCCC2. The molecule has 2 nitrogen and oxygen atoms in total. The molecule has 0 aromatic heterocycles. The first-order chi connectivity index (χ1) is 12.5. The number of aryl methyl sites for hydroxylation is 2. The van der Waals surface area contributed by atoms with Gasteiger partial charge in [-0.05, 0) is 67.0 Å². The molecule has 1 aliphatic rings. The van der Waals surface area contributed by atoms with Gasteiger partial charge in [0.1, 0.15) is 0 Å². The lowest BCUT2D eigenvalue weighted by atomic mass is 9.89. The monoisotopic (exact) mass is 407 g/mol. The molecular weight excluding hydrogens is 385 g/mol. The molecule has 0 spiro atoms. The molecule has 5 heteroatoms. The highest BCUT2D eigenvalue weighted by molar-refractivity contribution is 7.99. The van der Waals surface area contributed by atoms with Crippen LogP contribution in [-0.2, 0) is 23.4 Å². The molecule has 0 aliphatic heterocycles. The van der Waals surface area contributed by atoms with Crippen LogP contribution in [0.5, 0.6) is 0 Å². The van der Waals surface area contributed by atoms with Crippen molar-refractivity contribution >= 4 is 40.9 Å². The smallest absolute Gasteiger partial charge is 0.230 e. The Morgan fingerprint density at radius 2 is 1.88 bits per heavy atom. The third kappa shape index (κ3) is 5.18. The minimum Gasteiger partial charge on any atom is -0.349 e. The zero-order valence-corrected chi connectivity index (χ0v) is 17.2. The highest BCUT2D eigenvalue weighted by atomic mass is 35.5.